The van der Waals surface area contributed by atoms with Crippen molar-refractivity contribution in [3.05, 3.63) is 60.9 Å². The molecule has 3 aromatic rings. The fourth-order valence-corrected chi connectivity index (χ4v) is 3.66. The molecule has 4 rings (SSSR count). The van der Waals surface area contributed by atoms with E-state index in [-0.39, 0.29) is 11.8 Å². The third-order valence-electron chi connectivity index (χ3n) is 5.19. The number of benzene rings is 1. The van der Waals surface area contributed by atoms with Gasteiger partial charge in [0.15, 0.2) is 11.6 Å². The van der Waals surface area contributed by atoms with Crippen LogP contribution in [-0.4, -0.2) is 45.5 Å². The number of hydrogen-bond donors (Lipinski definition) is 0. The van der Waals surface area contributed by atoms with E-state index in [4.69, 9.17) is 0 Å². The standard InChI is InChI=1S/C21H24N6O/c1-2-26(18-7-4-3-5-8-18)21(28)17-11-15-25(16-12-17)19-9-10-20(24-23-19)27-14-6-13-22-27/h3-10,13-14,17H,2,11-12,15-16H2,1H3. The minimum Gasteiger partial charge on any atom is -0.355 e. The molecular weight excluding hydrogens is 352 g/mol. The Morgan fingerprint density at radius 1 is 1.04 bits per heavy atom. The molecule has 2 aromatic heterocycles. The molecule has 1 aliphatic rings. The SMILES string of the molecule is CCN(C(=O)C1CCN(c2ccc(-n3cccn3)nn2)CC1)c1ccccc1. The average Bonchev–Trinajstić information content (AvgIpc) is 3.30. The zero-order chi connectivity index (χ0) is 19.3. The van der Waals surface area contributed by atoms with Crippen LogP contribution >= 0.6 is 0 Å². The van der Waals surface area contributed by atoms with Gasteiger partial charge in [0, 0.05) is 43.6 Å². The van der Waals surface area contributed by atoms with Crippen molar-refractivity contribution in [3.63, 3.8) is 0 Å². The van der Waals surface area contributed by atoms with Crippen molar-refractivity contribution in [3.8, 4) is 5.82 Å². The van der Waals surface area contributed by atoms with E-state index in [0.29, 0.717) is 12.4 Å². The minimum absolute atomic E-state index is 0.0488. The molecule has 1 amide bonds. The van der Waals surface area contributed by atoms with Crippen LogP contribution in [0.2, 0.25) is 0 Å². The van der Waals surface area contributed by atoms with Crippen LogP contribution in [0.1, 0.15) is 19.8 Å². The van der Waals surface area contributed by atoms with Crippen LogP contribution in [0.5, 0.6) is 0 Å². The second kappa shape index (κ2) is 8.21. The van der Waals surface area contributed by atoms with E-state index < -0.39 is 0 Å². The fraction of sp³-hybridized carbons (Fsp3) is 0.333. The van der Waals surface area contributed by atoms with Crippen molar-refractivity contribution >= 4 is 17.4 Å². The molecule has 3 heterocycles. The summed E-state index contributed by atoms with van der Waals surface area (Å²) in [5.74, 6) is 1.80. The van der Waals surface area contributed by atoms with Crippen LogP contribution in [0, 0.1) is 5.92 Å². The number of para-hydroxylation sites is 1. The lowest BCUT2D eigenvalue weighted by Crippen LogP contribution is -2.43. The summed E-state index contributed by atoms with van der Waals surface area (Å²) < 4.78 is 1.69. The number of piperidine rings is 1. The molecular formula is C21H24N6O. The summed E-state index contributed by atoms with van der Waals surface area (Å²) in [7, 11) is 0. The van der Waals surface area contributed by atoms with E-state index in [1.807, 2.05) is 66.6 Å². The van der Waals surface area contributed by atoms with Crippen LogP contribution in [0.4, 0.5) is 11.5 Å². The van der Waals surface area contributed by atoms with E-state index in [0.717, 1.165) is 37.4 Å². The van der Waals surface area contributed by atoms with E-state index in [1.165, 1.54) is 0 Å². The second-order valence-corrected chi connectivity index (χ2v) is 6.88. The summed E-state index contributed by atoms with van der Waals surface area (Å²) >= 11 is 0. The lowest BCUT2D eigenvalue weighted by Gasteiger charge is -2.34. The molecule has 0 radical (unpaired) electrons. The van der Waals surface area contributed by atoms with Crippen molar-refractivity contribution < 1.29 is 4.79 Å². The number of carbonyl (C=O) groups is 1. The summed E-state index contributed by atoms with van der Waals surface area (Å²) in [5.41, 5.74) is 0.970. The zero-order valence-electron chi connectivity index (χ0n) is 16.0. The Morgan fingerprint density at radius 2 is 1.75 bits per heavy atom. The maximum atomic E-state index is 13.0. The Kier molecular flexibility index (Phi) is 5.32. The molecule has 0 spiro atoms. The molecule has 7 nitrogen and oxygen atoms in total. The third kappa shape index (κ3) is 3.74. The maximum Gasteiger partial charge on any atom is 0.230 e. The van der Waals surface area contributed by atoms with Crippen molar-refractivity contribution in [2.75, 3.05) is 29.4 Å². The molecule has 0 N–H and O–H groups in total. The van der Waals surface area contributed by atoms with E-state index in [2.05, 4.69) is 20.2 Å². The number of amides is 1. The molecule has 7 heteroatoms. The molecule has 1 saturated heterocycles. The first-order chi connectivity index (χ1) is 13.8. The highest BCUT2D eigenvalue weighted by molar-refractivity contribution is 5.95. The Balaban J connectivity index is 1.38. The van der Waals surface area contributed by atoms with Gasteiger partial charge in [-0.25, -0.2) is 4.68 Å². The number of anilines is 2. The van der Waals surface area contributed by atoms with Gasteiger partial charge < -0.3 is 9.80 Å². The Morgan fingerprint density at radius 3 is 2.36 bits per heavy atom. The first-order valence-electron chi connectivity index (χ1n) is 9.71. The largest absolute Gasteiger partial charge is 0.355 e. The first kappa shape index (κ1) is 18.2. The fourth-order valence-electron chi connectivity index (χ4n) is 3.66. The van der Waals surface area contributed by atoms with Gasteiger partial charge in [-0.05, 0) is 50.1 Å². The van der Waals surface area contributed by atoms with Crippen LogP contribution in [0.3, 0.4) is 0 Å². The molecule has 0 bridgehead atoms. The summed E-state index contributed by atoms with van der Waals surface area (Å²) in [6.07, 6.45) is 5.20. The van der Waals surface area contributed by atoms with Gasteiger partial charge in [0.2, 0.25) is 5.91 Å². The molecule has 0 unspecified atom stereocenters. The van der Waals surface area contributed by atoms with E-state index in [1.54, 1.807) is 10.9 Å². The average molecular weight is 376 g/mol. The van der Waals surface area contributed by atoms with Gasteiger partial charge in [-0.1, -0.05) is 18.2 Å². The minimum atomic E-state index is 0.0488. The number of aromatic nitrogens is 4. The Labute approximate surface area is 164 Å². The number of hydrogen-bond acceptors (Lipinski definition) is 5. The summed E-state index contributed by atoms with van der Waals surface area (Å²) in [4.78, 5) is 17.1. The van der Waals surface area contributed by atoms with Gasteiger partial charge in [0.05, 0.1) is 0 Å². The Bertz CT molecular complexity index is 886. The van der Waals surface area contributed by atoms with Gasteiger partial charge in [-0.15, -0.1) is 10.2 Å². The summed E-state index contributed by atoms with van der Waals surface area (Å²) in [6, 6.07) is 15.6. The quantitative estimate of drug-likeness (QED) is 0.685. The van der Waals surface area contributed by atoms with Crippen LogP contribution in [0.15, 0.2) is 60.9 Å². The van der Waals surface area contributed by atoms with Gasteiger partial charge in [-0.3, -0.25) is 4.79 Å². The van der Waals surface area contributed by atoms with E-state index in [9.17, 15) is 4.79 Å². The molecule has 0 atom stereocenters. The lowest BCUT2D eigenvalue weighted by atomic mass is 9.95. The molecule has 0 aliphatic carbocycles. The molecule has 1 aromatic carbocycles. The molecule has 1 aliphatic heterocycles. The molecule has 28 heavy (non-hydrogen) atoms. The van der Waals surface area contributed by atoms with Gasteiger partial charge in [0.25, 0.3) is 0 Å². The summed E-state index contributed by atoms with van der Waals surface area (Å²) in [5, 5.41) is 12.8. The van der Waals surface area contributed by atoms with Gasteiger partial charge in [-0.2, -0.15) is 5.10 Å². The van der Waals surface area contributed by atoms with Crippen molar-refractivity contribution in [2.24, 2.45) is 5.92 Å². The van der Waals surface area contributed by atoms with Gasteiger partial charge in [0.1, 0.15) is 0 Å². The monoisotopic (exact) mass is 376 g/mol. The van der Waals surface area contributed by atoms with E-state index >= 15 is 0 Å². The third-order valence-corrected chi connectivity index (χ3v) is 5.19. The van der Waals surface area contributed by atoms with Crippen molar-refractivity contribution in [1.82, 2.24) is 20.0 Å². The number of rotatable bonds is 5. The lowest BCUT2D eigenvalue weighted by molar-refractivity contribution is -0.122. The zero-order valence-corrected chi connectivity index (χ0v) is 16.0. The normalized spacial score (nSPS) is 14.8. The van der Waals surface area contributed by atoms with Gasteiger partial charge >= 0.3 is 0 Å². The molecule has 144 valence electrons. The highest BCUT2D eigenvalue weighted by Crippen LogP contribution is 2.25. The molecule has 1 fully saturated rings. The first-order valence-corrected chi connectivity index (χ1v) is 9.71. The van der Waals surface area contributed by atoms with Crippen molar-refractivity contribution in [1.29, 1.82) is 0 Å². The topological polar surface area (TPSA) is 67.2 Å². The van der Waals surface area contributed by atoms with Crippen molar-refractivity contribution in [2.45, 2.75) is 19.8 Å². The van der Waals surface area contributed by atoms with Crippen LogP contribution in [0.25, 0.3) is 5.82 Å². The number of nitrogens with zero attached hydrogens (tertiary/aromatic N) is 6. The highest BCUT2D eigenvalue weighted by atomic mass is 16.2. The highest BCUT2D eigenvalue weighted by Gasteiger charge is 2.29. The Hall–Kier alpha value is -3.22. The maximum absolute atomic E-state index is 13.0. The number of carbonyl (C=O) groups excluding carboxylic acids is 1. The second-order valence-electron chi connectivity index (χ2n) is 6.88. The van der Waals surface area contributed by atoms with Crippen LogP contribution in [-0.2, 0) is 4.79 Å². The smallest absolute Gasteiger partial charge is 0.230 e. The summed E-state index contributed by atoms with van der Waals surface area (Å²) in [6.45, 7) is 4.32. The van der Waals surface area contributed by atoms with Crippen LogP contribution < -0.4 is 9.80 Å². The predicted octanol–water partition coefficient (Wildman–Crippen LogP) is 2.93. The predicted molar refractivity (Wildman–Crippen MR) is 109 cm³/mol. The molecule has 0 saturated carbocycles.